The first-order chi connectivity index (χ1) is 22.6. The number of ether oxygens (including phenoxy) is 2. The lowest BCUT2D eigenvalue weighted by Crippen LogP contribution is -2.45. The number of aliphatic hydroxyl groups is 1. The highest BCUT2D eigenvalue weighted by atomic mass is 16.5. The molecule has 0 atom stereocenters. The molecule has 3 heterocycles. The van der Waals surface area contributed by atoms with Crippen molar-refractivity contribution in [2.45, 2.75) is 38.6 Å². The molecule has 0 saturated carbocycles. The number of aromatic nitrogens is 2. The first-order valence-corrected chi connectivity index (χ1v) is 15.0. The number of benzene rings is 1. The quantitative estimate of drug-likeness (QED) is 0.0709. The Balaban J connectivity index is 1.42. The number of methoxy groups -OCH3 is 1. The second-order valence-electron chi connectivity index (χ2n) is 11.4. The number of hydrogen-bond acceptors (Lipinski definition) is 9. The number of ketones is 1. The fourth-order valence-corrected chi connectivity index (χ4v) is 5.18. The minimum absolute atomic E-state index is 0.0547. The van der Waals surface area contributed by atoms with E-state index in [4.69, 9.17) is 20.3 Å². The number of carbonyl (C=O) groups excluding carboxylic acids is 3. The lowest BCUT2D eigenvalue weighted by molar-refractivity contribution is -0.127. The van der Waals surface area contributed by atoms with Crippen molar-refractivity contribution < 1.29 is 29.0 Å². The number of piperidine rings is 1. The Kier molecular flexibility index (Phi) is 11.6. The molecule has 4 rings (SSSR count). The fourth-order valence-electron chi connectivity index (χ4n) is 5.18. The summed E-state index contributed by atoms with van der Waals surface area (Å²) in [6.07, 6.45) is 5.35. The minimum Gasteiger partial charge on any atom is -0.494 e. The van der Waals surface area contributed by atoms with Crippen LogP contribution in [0.5, 0.6) is 5.75 Å². The lowest BCUT2D eigenvalue weighted by Gasteiger charge is -2.28. The number of rotatable bonds is 13. The number of aliphatic imine (C=N–C) groups is 2. The minimum atomic E-state index is -0.713. The SMILES string of the molecule is COc1cnc(N=CN=C(N)COCC(=O)NC(C)(C)CCO)c2[nH]cc(C(=O)C(=O)N3CCC(=C(C#N)c4ccccc4)CC3)c12. The number of allylic oxidation sites excluding steroid dienone is 1. The average molecular weight is 643 g/mol. The largest absolute Gasteiger partial charge is 0.494 e. The molecule has 3 aromatic rings. The summed E-state index contributed by atoms with van der Waals surface area (Å²) in [5.41, 5.74) is 8.17. The molecule has 1 saturated heterocycles. The average Bonchev–Trinajstić information content (AvgIpc) is 3.51. The Morgan fingerprint density at radius 3 is 2.60 bits per heavy atom. The second-order valence-corrected chi connectivity index (χ2v) is 11.4. The van der Waals surface area contributed by atoms with Crippen LogP contribution in [0.1, 0.15) is 49.0 Å². The molecule has 0 unspecified atom stereocenters. The van der Waals surface area contributed by atoms with Gasteiger partial charge in [0.25, 0.3) is 11.7 Å². The van der Waals surface area contributed by atoms with Crippen molar-refractivity contribution in [2.24, 2.45) is 15.7 Å². The van der Waals surface area contributed by atoms with Gasteiger partial charge in [-0.25, -0.2) is 15.0 Å². The number of amidine groups is 1. The third kappa shape index (κ3) is 8.66. The van der Waals surface area contributed by atoms with E-state index in [0.717, 1.165) is 17.5 Å². The zero-order valence-electron chi connectivity index (χ0n) is 26.6. The van der Waals surface area contributed by atoms with Crippen molar-refractivity contribution in [3.63, 3.8) is 0 Å². The van der Waals surface area contributed by atoms with Gasteiger partial charge in [0.2, 0.25) is 5.91 Å². The van der Waals surface area contributed by atoms with Crippen molar-refractivity contribution >= 4 is 52.1 Å². The van der Waals surface area contributed by atoms with Gasteiger partial charge in [-0.05, 0) is 44.2 Å². The Labute approximate surface area is 272 Å². The molecule has 2 aromatic heterocycles. The Hall–Kier alpha value is -5.39. The van der Waals surface area contributed by atoms with E-state index in [0.29, 0.717) is 48.8 Å². The summed E-state index contributed by atoms with van der Waals surface area (Å²) in [6.45, 7) is 3.77. The van der Waals surface area contributed by atoms with E-state index in [1.807, 2.05) is 30.3 Å². The molecular formula is C33H38N8O6. The maximum atomic E-state index is 13.5. The number of nitrogens with two attached hydrogens (primary N) is 1. The predicted octanol–water partition coefficient (Wildman–Crippen LogP) is 2.66. The molecule has 246 valence electrons. The van der Waals surface area contributed by atoms with Gasteiger partial charge in [0.1, 0.15) is 31.1 Å². The van der Waals surface area contributed by atoms with Gasteiger partial charge >= 0.3 is 0 Å². The summed E-state index contributed by atoms with van der Waals surface area (Å²) in [4.78, 5) is 55.9. The Morgan fingerprint density at radius 1 is 1.21 bits per heavy atom. The van der Waals surface area contributed by atoms with Crippen molar-refractivity contribution in [3.8, 4) is 11.8 Å². The number of amides is 2. The predicted molar refractivity (Wildman–Crippen MR) is 176 cm³/mol. The number of fused-ring (bicyclic) bond motifs is 1. The Morgan fingerprint density at radius 2 is 1.94 bits per heavy atom. The molecule has 1 aliphatic rings. The van der Waals surface area contributed by atoms with E-state index in [9.17, 15) is 19.6 Å². The molecule has 14 heteroatoms. The van der Waals surface area contributed by atoms with Gasteiger partial charge < -0.3 is 35.5 Å². The van der Waals surface area contributed by atoms with Crippen molar-refractivity contribution in [1.29, 1.82) is 5.26 Å². The smallest absolute Gasteiger partial charge is 0.295 e. The summed E-state index contributed by atoms with van der Waals surface area (Å²) < 4.78 is 10.8. The van der Waals surface area contributed by atoms with E-state index in [2.05, 4.69) is 31.3 Å². The summed E-state index contributed by atoms with van der Waals surface area (Å²) in [5, 5.41) is 21.9. The van der Waals surface area contributed by atoms with Crippen molar-refractivity contribution in [2.75, 3.05) is 40.0 Å². The van der Waals surface area contributed by atoms with E-state index in [1.54, 1.807) is 13.8 Å². The maximum Gasteiger partial charge on any atom is 0.295 e. The molecule has 14 nitrogen and oxygen atoms in total. The first kappa shape index (κ1) is 34.5. The molecule has 0 bridgehead atoms. The normalized spacial score (nSPS) is 13.9. The van der Waals surface area contributed by atoms with Crippen molar-refractivity contribution in [3.05, 3.63) is 59.4 Å². The van der Waals surface area contributed by atoms with Crippen LogP contribution < -0.4 is 15.8 Å². The number of carbonyl (C=O) groups is 3. The molecule has 5 N–H and O–H groups in total. The van der Waals surface area contributed by atoms with Crippen LogP contribution in [0.4, 0.5) is 5.82 Å². The standard InChI is InChI=1S/C33H38N8O6/c1-33(2,11-14-42)40-27(43)19-47-18-26(35)38-20-39-31-29-28(25(46-3)17-37-31)24(16-36-29)30(44)32(45)41-12-9-22(10-13-41)23(15-34)21-7-5-4-6-8-21/h4-8,16-17,20,36,42H,9-14,18-19H2,1-3H3,(H,40,43)(H2,35,37,38,39). The molecule has 1 fully saturated rings. The zero-order valence-corrected chi connectivity index (χ0v) is 26.6. The molecule has 47 heavy (non-hydrogen) atoms. The van der Waals surface area contributed by atoms with Crippen LogP contribution in [0.2, 0.25) is 0 Å². The zero-order chi connectivity index (χ0) is 34.0. The van der Waals surface area contributed by atoms with Crippen LogP contribution in [0.25, 0.3) is 16.5 Å². The van der Waals surface area contributed by atoms with E-state index >= 15 is 0 Å². The molecule has 1 aromatic carbocycles. The highest BCUT2D eigenvalue weighted by Gasteiger charge is 2.30. The fraction of sp³-hybridized carbons (Fsp3) is 0.364. The van der Waals surface area contributed by atoms with E-state index in [-0.39, 0.29) is 48.7 Å². The third-order valence-electron chi connectivity index (χ3n) is 7.60. The molecule has 0 radical (unpaired) electrons. The number of nitrogens with one attached hydrogen (secondary N) is 2. The second kappa shape index (κ2) is 15.7. The molecule has 2 amide bonds. The number of Topliss-reactive ketones (excluding diaryl/α,β-unsaturated/α-hetero) is 1. The molecule has 0 spiro atoms. The van der Waals surface area contributed by atoms with Crippen LogP contribution in [0, 0.1) is 11.3 Å². The molecule has 1 aliphatic heterocycles. The van der Waals surface area contributed by atoms with Gasteiger partial charge in [-0.3, -0.25) is 14.4 Å². The van der Waals surface area contributed by atoms with Gasteiger partial charge in [-0.2, -0.15) is 5.26 Å². The van der Waals surface area contributed by atoms with Crippen LogP contribution in [0.3, 0.4) is 0 Å². The third-order valence-corrected chi connectivity index (χ3v) is 7.60. The number of nitriles is 1. The van der Waals surface area contributed by atoms with Gasteiger partial charge in [0, 0.05) is 31.4 Å². The topological polar surface area (TPSA) is 208 Å². The highest BCUT2D eigenvalue weighted by Crippen LogP contribution is 2.34. The number of aliphatic hydroxyl groups excluding tert-OH is 1. The number of pyridine rings is 1. The summed E-state index contributed by atoms with van der Waals surface area (Å²) in [7, 11) is 1.43. The number of aromatic amines is 1. The summed E-state index contributed by atoms with van der Waals surface area (Å²) >= 11 is 0. The van der Waals surface area contributed by atoms with Gasteiger partial charge in [0.15, 0.2) is 5.82 Å². The van der Waals surface area contributed by atoms with Gasteiger partial charge in [-0.1, -0.05) is 30.3 Å². The maximum absolute atomic E-state index is 13.5. The van der Waals surface area contributed by atoms with Crippen LogP contribution in [0.15, 0.2) is 58.3 Å². The highest BCUT2D eigenvalue weighted by molar-refractivity contribution is 6.45. The van der Waals surface area contributed by atoms with E-state index in [1.165, 1.54) is 24.4 Å². The van der Waals surface area contributed by atoms with Gasteiger partial charge in [0.05, 0.1) is 41.4 Å². The monoisotopic (exact) mass is 642 g/mol. The number of likely N-dealkylation sites (tertiary alicyclic amines) is 1. The summed E-state index contributed by atoms with van der Waals surface area (Å²) in [5.74, 6) is -1.22. The number of nitrogens with zero attached hydrogens (tertiary/aromatic N) is 5. The first-order valence-electron chi connectivity index (χ1n) is 15.0. The number of hydrogen-bond donors (Lipinski definition) is 4. The lowest BCUT2D eigenvalue weighted by atomic mass is 9.93. The molecule has 0 aliphatic carbocycles. The number of H-pyrrole nitrogens is 1. The van der Waals surface area contributed by atoms with E-state index < -0.39 is 17.2 Å². The van der Waals surface area contributed by atoms with Crippen LogP contribution in [-0.2, 0) is 14.3 Å². The van der Waals surface area contributed by atoms with Gasteiger partial charge in [-0.15, -0.1) is 0 Å². The van der Waals surface area contributed by atoms with Crippen LogP contribution in [-0.4, -0.2) is 95.3 Å². The molecular weight excluding hydrogens is 604 g/mol. The Bertz CT molecular complexity index is 1740. The van der Waals surface area contributed by atoms with Crippen LogP contribution >= 0.6 is 0 Å². The van der Waals surface area contributed by atoms with Crippen molar-refractivity contribution in [1.82, 2.24) is 20.2 Å². The summed E-state index contributed by atoms with van der Waals surface area (Å²) in [6, 6.07) is 11.7.